The molecular weight excluding hydrogens is 164 g/mol. The molecule has 0 aromatic heterocycles. The van der Waals surface area contributed by atoms with Gasteiger partial charge in [0, 0.05) is 5.69 Å². The number of nitrogens with zero attached hydrogens (tertiary/aromatic N) is 2. The first-order chi connectivity index (χ1) is 6.11. The van der Waals surface area contributed by atoms with Gasteiger partial charge in [-0.25, -0.2) is 0 Å². The van der Waals surface area contributed by atoms with E-state index in [1.807, 2.05) is 6.07 Å². The van der Waals surface area contributed by atoms with E-state index in [2.05, 4.69) is 11.7 Å². The zero-order chi connectivity index (χ0) is 10.0. The largest absolute Gasteiger partial charge is 0.398 e. The lowest BCUT2D eigenvalue weighted by molar-refractivity contribution is 1.39. The smallest absolute Gasteiger partial charge is 0.101 e. The lowest BCUT2D eigenvalue weighted by Crippen LogP contribution is -1.97. The van der Waals surface area contributed by atoms with Gasteiger partial charge in [0.1, 0.15) is 6.07 Å². The Labute approximate surface area is 76.5 Å². The fraction of sp³-hybridized carbons (Fsp3) is 0.111. The molecule has 0 saturated heterocycles. The van der Waals surface area contributed by atoms with Crippen molar-refractivity contribution in [2.24, 2.45) is 4.99 Å². The van der Waals surface area contributed by atoms with E-state index >= 15 is 0 Å². The summed E-state index contributed by atoms with van der Waals surface area (Å²) in [7, 11) is 0. The number of hydrogen-bond acceptors (Lipinski definition) is 4. The number of benzene rings is 1. The van der Waals surface area contributed by atoms with Gasteiger partial charge in [0.05, 0.1) is 16.9 Å². The molecule has 0 bridgehead atoms. The third-order valence-corrected chi connectivity index (χ3v) is 1.91. The summed E-state index contributed by atoms with van der Waals surface area (Å²) in [6, 6.07) is 3.49. The fourth-order valence-electron chi connectivity index (χ4n) is 1.10. The first-order valence-corrected chi connectivity index (χ1v) is 3.67. The number of aliphatic imine (C=N–C) groups is 1. The normalized spacial score (nSPS) is 9.23. The quantitative estimate of drug-likeness (QED) is 0.497. The van der Waals surface area contributed by atoms with Crippen molar-refractivity contribution in [1.29, 1.82) is 5.26 Å². The van der Waals surface area contributed by atoms with Crippen LogP contribution in [-0.2, 0) is 0 Å². The molecule has 0 radical (unpaired) electrons. The minimum atomic E-state index is 0.337. The van der Waals surface area contributed by atoms with Gasteiger partial charge in [0.2, 0.25) is 0 Å². The SMILES string of the molecule is C=Nc1c(C)c(N)cc(C#N)c1N. The van der Waals surface area contributed by atoms with E-state index in [9.17, 15) is 0 Å². The second kappa shape index (κ2) is 3.15. The van der Waals surface area contributed by atoms with Gasteiger partial charge in [-0.3, -0.25) is 4.99 Å². The molecule has 0 unspecified atom stereocenters. The molecule has 0 aliphatic carbocycles. The van der Waals surface area contributed by atoms with Crippen LogP contribution in [0, 0.1) is 18.3 Å². The van der Waals surface area contributed by atoms with Crippen molar-refractivity contribution in [1.82, 2.24) is 0 Å². The number of anilines is 2. The van der Waals surface area contributed by atoms with Gasteiger partial charge < -0.3 is 11.5 Å². The summed E-state index contributed by atoms with van der Waals surface area (Å²) < 4.78 is 0. The summed E-state index contributed by atoms with van der Waals surface area (Å²) in [4.78, 5) is 3.73. The Bertz CT molecular complexity index is 401. The van der Waals surface area contributed by atoms with E-state index in [-0.39, 0.29) is 0 Å². The predicted octanol–water partition coefficient (Wildman–Crippen LogP) is 1.36. The molecule has 0 amide bonds. The van der Waals surface area contributed by atoms with Crippen molar-refractivity contribution in [2.45, 2.75) is 6.92 Å². The third kappa shape index (κ3) is 1.32. The number of nitrogen functional groups attached to an aromatic ring is 2. The molecule has 13 heavy (non-hydrogen) atoms. The van der Waals surface area contributed by atoms with Crippen LogP contribution in [0.4, 0.5) is 17.1 Å². The van der Waals surface area contributed by atoms with Crippen molar-refractivity contribution < 1.29 is 0 Å². The van der Waals surface area contributed by atoms with Gasteiger partial charge in [-0.05, 0) is 25.3 Å². The molecule has 1 rings (SSSR count). The number of nitrogens with two attached hydrogens (primary N) is 2. The molecule has 1 aromatic rings. The number of nitriles is 1. The molecule has 0 fully saturated rings. The zero-order valence-electron chi connectivity index (χ0n) is 7.33. The third-order valence-electron chi connectivity index (χ3n) is 1.91. The molecule has 1 aromatic carbocycles. The Hall–Kier alpha value is -2.02. The molecule has 0 spiro atoms. The molecule has 0 aliphatic heterocycles. The van der Waals surface area contributed by atoms with Crippen LogP contribution in [0.15, 0.2) is 11.1 Å². The summed E-state index contributed by atoms with van der Waals surface area (Å²) in [5.41, 5.74) is 13.7. The van der Waals surface area contributed by atoms with Crippen molar-refractivity contribution in [3.8, 4) is 6.07 Å². The summed E-state index contributed by atoms with van der Waals surface area (Å²) in [5, 5.41) is 8.71. The van der Waals surface area contributed by atoms with Crippen LogP contribution in [0.1, 0.15) is 11.1 Å². The van der Waals surface area contributed by atoms with Crippen LogP contribution in [-0.4, -0.2) is 6.72 Å². The molecule has 0 heterocycles. The topological polar surface area (TPSA) is 88.2 Å². The second-order valence-corrected chi connectivity index (χ2v) is 2.67. The van der Waals surface area contributed by atoms with Crippen LogP contribution >= 0.6 is 0 Å². The van der Waals surface area contributed by atoms with Gasteiger partial charge in [0.15, 0.2) is 0 Å². The van der Waals surface area contributed by atoms with Crippen molar-refractivity contribution in [2.75, 3.05) is 11.5 Å². The first-order valence-electron chi connectivity index (χ1n) is 3.67. The molecule has 0 atom stereocenters. The van der Waals surface area contributed by atoms with Crippen LogP contribution in [0.25, 0.3) is 0 Å². The van der Waals surface area contributed by atoms with E-state index in [1.54, 1.807) is 13.0 Å². The average molecular weight is 174 g/mol. The van der Waals surface area contributed by atoms with Crippen LogP contribution in [0.3, 0.4) is 0 Å². The summed E-state index contributed by atoms with van der Waals surface area (Å²) in [6.45, 7) is 5.16. The summed E-state index contributed by atoms with van der Waals surface area (Å²) in [6.07, 6.45) is 0. The Morgan fingerprint density at radius 2 is 2.15 bits per heavy atom. The van der Waals surface area contributed by atoms with Gasteiger partial charge in [0.25, 0.3) is 0 Å². The zero-order valence-corrected chi connectivity index (χ0v) is 7.33. The molecule has 0 saturated carbocycles. The van der Waals surface area contributed by atoms with Crippen molar-refractivity contribution >= 4 is 23.8 Å². The van der Waals surface area contributed by atoms with E-state index in [0.717, 1.165) is 5.56 Å². The standard InChI is InChI=1S/C9H10N4/c1-5-7(11)3-6(4-10)8(12)9(5)13-2/h3H,2,11-12H2,1H3. The maximum absolute atomic E-state index is 8.71. The molecule has 4 heteroatoms. The number of rotatable bonds is 1. The molecule has 4 N–H and O–H groups in total. The van der Waals surface area contributed by atoms with Gasteiger partial charge in [-0.2, -0.15) is 5.26 Å². The maximum atomic E-state index is 8.71. The fourth-order valence-corrected chi connectivity index (χ4v) is 1.10. The predicted molar refractivity (Wildman–Crippen MR) is 53.9 cm³/mol. The Morgan fingerprint density at radius 1 is 1.54 bits per heavy atom. The lowest BCUT2D eigenvalue weighted by Gasteiger charge is -2.08. The van der Waals surface area contributed by atoms with Crippen LogP contribution < -0.4 is 11.5 Å². The Morgan fingerprint density at radius 3 is 2.62 bits per heavy atom. The van der Waals surface area contributed by atoms with Crippen molar-refractivity contribution in [3.63, 3.8) is 0 Å². The van der Waals surface area contributed by atoms with Gasteiger partial charge in [-0.15, -0.1) is 0 Å². The van der Waals surface area contributed by atoms with Gasteiger partial charge >= 0.3 is 0 Å². The minimum Gasteiger partial charge on any atom is -0.398 e. The highest BCUT2D eigenvalue weighted by Crippen LogP contribution is 2.33. The highest BCUT2D eigenvalue weighted by Gasteiger charge is 2.09. The average Bonchev–Trinajstić information content (AvgIpc) is 2.12. The van der Waals surface area contributed by atoms with E-state index in [4.69, 9.17) is 16.7 Å². The molecule has 66 valence electrons. The first kappa shape index (κ1) is 9.07. The summed E-state index contributed by atoms with van der Waals surface area (Å²) in [5.74, 6) is 0. The Kier molecular flexibility index (Phi) is 2.20. The monoisotopic (exact) mass is 174 g/mol. The second-order valence-electron chi connectivity index (χ2n) is 2.67. The molecule has 4 nitrogen and oxygen atoms in total. The van der Waals surface area contributed by atoms with Crippen LogP contribution in [0.2, 0.25) is 0 Å². The Balaban J connectivity index is 3.59. The van der Waals surface area contributed by atoms with E-state index in [1.165, 1.54) is 0 Å². The van der Waals surface area contributed by atoms with Crippen LogP contribution in [0.5, 0.6) is 0 Å². The van der Waals surface area contributed by atoms with Crippen molar-refractivity contribution in [3.05, 3.63) is 17.2 Å². The lowest BCUT2D eigenvalue weighted by atomic mass is 10.1. The van der Waals surface area contributed by atoms with E-state index in [0.29, 0.717) is 22.6 Å². The maximum Gasteiger partial charge on any atom is 0.101 e. The molecular formula is C9H10N4. The minimum absolute atomic E-state index is 0.337. The van der Waals surface area contributed by atoms with E-state index < -0.39 is 0 Å². The summed E-state index contributed by atoms with van der Waals surface area (Å²) >= 11 is 0. The number of hydrogen-bond donors (Lipinski definition) is 2. The highest BCUT2D eigenvalue weighted by molar-refractivity contribution is 5.80. The van der Waals surface area contributed by atoms with Gasteiger partial charge in [-0.1, -0.05) is 0 Å². The molecule has 0 aliphatic rings. The highest BCUT2D eigenvalue weighted by atomic mass is 14.8.